The summed E-state index contributed by atoms with van der Waals surface area (Å²) >= 11 is 7.92. The van der Waals surface area contributed by atoms with Crippen molar-refractivity contribution in [2.75, 3.05) is 19.0 Å². The lowest BCUT2D eigenvalue weighted by molar-refractivity contribution is 0.179. The van der Waals surface area contributed by atoms with Crippen LogP contribution in [0.1, 0.15) is 12.8 Å². The summed E-state index contributed by atoms with van der Waals surface area (Å²) in [6.45, 7) is 0.710. The Morgan fingerprint density at radius 1 is 1.56 bits per heavy atom. The topological polar surface area (TPSA) is 34.1 Å². The van der Waals surface area contributed by atoms with E-state index in [1.165, 1.54) is 12.8 Å². The maximum Gasteiger partial charge on any atom is 0.106 e. The number of thiazole rings is 1. The van der Waals surface area contributed by atoms with Crippen LogP contribution in [0, 0.1) is 5.92 Å². The summed E-state index contributed by atoms with van der Waals surface area (Å²) in [7, 11) is 1.74. The Morgan fingerprint density at radius 2 is 2.39 bits per heavy atom. The highest BCUT2D eigenvalue weighted by atomic mass is 35.5. The summed E-state index contributed by atoms with van der Waals surface area (Å²) < 4.78 is 6.45. The highest BCUT2D eigenvalue weighted by molar-refractivity contribution is 7.16. The third-order valence-electron chi connectivity index (χ3n) is 3.32. The predicted octanol–water partition coefficient (Wildman–Crippen LogP) is 3.79. The minimum atomic E-state index is 0.333. The molecule has 1 saturated carbocycles. The number of aromatic nitrogens is 1. The quantitative estimate of drug-likeness (QED) is 0.906. The molecule has 1 unspecified atom stereocenters. The third-order valence-corrected chi connectivity index (χ3v) is 4.43. The third kappa shape index (κ3) is 2.32. The molecule has 0 amide bonds. The Labute approximate surface area is 115 Å². The first-order chi connectivity index (χ1) is 8.79. The predicted molar refractivity (Wildman–Crippen MR) is 76.6 cm³/mol. The number of rotatable bonds is 5. The zero-order valence-electron chi connectivity index (χ0n) is 10.1. The summed E-state index contributed by atoms with van der Waals surface area (Å²) in [6.07, 6.45) is 2.54. The molecule has 1 N–H and O–H groups in total. The SMILES string of the molecule is COCC(Nc1c(Cl)ccc2scnc12)C1CC1. The minimum absolute atomic E-state index is 0.333. The normalized spacial score (nSPS) is 17.0. The fraction of sp³-hybridized carbons (Fsp3) is 0.462. The van der Waals surface area contributed by atoms with Crippen molar-refractivity contribution in [3.05, 3.63) is 22.7 Å². The Morgan fingerprint density at radius 3 is 3.11 bits per heavy atom. The van der Waals surface area contributed by atoms with E-state index in [1.807, 2.05) is 17.6 Å². The van der Waals surface area contributed by atoms with Gasteiger partial charge in [0.1, 0.15) is 5.52 Å². The van der Waals surface area contributed by atoms with Crippen molar-refractivity contribution in [1.29, 1.82) is 0 Å². The van der Waals surface area contributed by atoms with Gasteiger partial charge in [-0.15, -0.1) is 11.3 Å². The van der Waals surface area contributed by atoms with Crippen LogP contribution in [0.3, 0.4) is 0 Å². The van der Waals surface area contributed by atoms with E-state index in [0.717, 1.165) is 20.9 Å². The van der Waals surface area contributed by atoms with Crippen LogP contribution < -0.4 is 5.32 Å². The number of hydrogen-bond acceptors (Lipinski definition) is 4. The van der Waals surface area contributed by atoms with E-state index < -0.39 is 0 Å². The maximum absolute atomic E-state index is 6.29. The second kappa shape index (κ2) is 5.03. The Hall–Kier alpha value is -0.840. The number of nitrogens with one attached hydrogen (secondary N) is 1. The molecule has 1 aliphatic rings. The largest absolute Gasteiger partial charge is 0.383 e. The molecule has 1 aliphatic carbocycles. The summed E-state index contributed by atoms with van der Waals surface area (Å²) in [4.78, 5) is 4.40. The standard InChI is InChI=1S/C13H15ClN2OS/c1-17-6-10(8-2-3-8)16-12-9(14)4-5-11-13(12)15-7-18-11/h4-5,7-8,10,16H,2-3,6H2,1H3. The fourth-order valence-electron chi connectivity index (χ4n) is 2.20. The highest BCUT2D eigenvalue weighted by Gasteiger charge is 2.31. The van der Waals surface area contributed by atoms with E-state index in [2.05, 4.69) is 10.3 Å². The lowest BCUT2D eigenvalue weighted by atomic mass is 10.1. The van der Waals surface area contributed by atoms with Gasteiger partial charge in [0, 0.05) is 7.11 Å². The number of hydrogen-bond donors (Lipinski definition) is 1. The zero-order chi connectivity index (χ0) is 12.5. The smallest absolute Gasteiger partial charge is 0.106 e. The molecule has 3 nitrogen and oxygen atoms in total. The molecule has 2 aromatic rings. The van der Waals surface area contributed by atoms with E-state index in [-0.39, 0.29) is 0 Å². The number of benzene rings is 1. The van der Waals surface area contributed by atoms with Gasteiger partial charge in [0.05, 0.1) is 33.6 Å². The van der Waals surface area contributed by atoms with Crippen molar-refractivity contribution in [3.8, 4) is 0 Å². The molecular formula is C13H15ClN2OS. The van der Waals surface area contributed by atoms with E-state index in [0.29, 0.717) is 18.6 Å². The van der Waals surface area contributed by atoms with Gasteiger partial charge in [-0.3, -0.25) is 0 Å². The second-order valence-electron chi connectivity index (χ2n) is 4.67. The molecule has 96 valence electrons. The summed E-state index contributed by atoms with van der Waals surface area (Å²) in [5.74, 6) is 0.704. The van der Waals surface area contributed by atoms with Crippen LogP contribution in [0.15, 0.2) is 17.6 Å². The van der Waals surface area contributed by atoms with Gasteiger partial charge in [-0.05, 0) is 30.9 Å². The molecule has 1 atom stereocenters. The van der Waals surface area contributed by atoms with E-state index >= 15 is 0 Å². The van der Waals surface area contributed by atoms with Gasteiger partial charge < -0.3 is 10.1 Å². The van der Waals surface area contributed by atoms with Gasteiger partial charge in [-0.25, -0.2) is 4.98 Å². The number of methoxy groups -OCH3 is 1. The molecule has 18 heavy (non-hydrogen) atoms. The molecule has 1 aromatic carbocycles. The zero-order valence-corrected chi connectivity index (χ0v) is 11.7. The lowest BCUT2D eigenvalue weighted by Crippen LogP contribution is -2.27. The first kappa shape index (κ1) is 12.2. The first-order valence-electron chi connectivity index (χ1n) is 6.06. The second-order valence-corrected chi connectivity index (χ2v) is 5.96. The van der Waals surface area contributed by atoms with Crippen molar-refractivity contribution in [2.24, 2.45) is 5.92 Å². The molecule has 0 aliphatic heterocycles. The average Bonchev–Trinajstić information content (AvgIpc) is 3.10. The van der Waals surface area contributed by atoms with Gasteiger partial charge in [0.25, 0.3) is 0 Å². The number of fused-ring (bicyclic) bond motifs is 1. The fourth-order valence-corrected chi connectivity index (χ4v) is 3.09. The molecule has 3 rings (SSSR count). The van der Waals surface area contributed by atoms with Crippen LogP contribution in [0.5, 0.6) is 0 Å². The molecule has 1 fully saturated rings. The van der Waals surface area contributed by atoms with Gasteiger partial charge in [0.2, 0.25) is 0 Å². The Bertz CT molecular complexity index is 553. The van der Waals surface area contributed by atoms with E-state index in [1.54, 1.807) is 18.4 Å². The van der Waals surface area contributed by atoms with Crippen LogP contribution in [0.2, 0.25) is 5.02 Å². The number of halogens is 1. The molecule has 0 bridgehead atoms. The number of ether oxygens (including phenoxy) is 1. The van der Waals surface area contributed by atoms with E-state index in [9.17, 15) is 0 Å². The highest BCUT2D eigenvalue weighted by Crippen LogP contribution is 2.38. The van der Waals surface area contributed by atoms with Crippen molar-refractivity contribution < 1.29 is 4.74 Å². The maximum atomic E-state index is 6.29. The number of anilines is 1. The molecule has 1 aromatic heterocycles. The summed E-state index contributed by atoms with van der Waals surface area (Å²) in [6, 6.07) is 4.28. The van der Waals surface area contributed by atoms with Crippen LogP contribution in [-0.2, 0) is 4.74 Å². The van der Waals surface area contributed by atoms with Crippen molar-refractivity contribution in [2.45, 2.75) is 18.9 Å². The van der Waals surface area contributed by atoms with Gasteiger partial charge in [-0.2, -0.15) is 0 Å². The number of nitrogens with zero attached hydrogens (tertiary/aromatic N) is 1. The molecule has 0 spiro atoms. The van der Waals surface area contributed by atoms with Crippen LogP contribution in [-0.4, -0.2) is 24.7 Å². The summed E-state index contributed by atoms with van der Waals surface area (Å²) in [5.41, 5.74) is 3.77. The lowest BCUT2D eigenvalue weighted by Gasteiger charge is -2.19. The van der Waals surface area contributed by atoms with Gasteiger partial charge in [0.15, 0.2) is 0 Å². The Balaban J connectivity index is 1.92. The van der Waals surface area contributed by atoms with Crippen molar-refractivity contribution in [1.82, 2.24) is 4.98 Å². The minimum Gasteiger partial charge on any atom is -0.383 e. The monoisotopic (exact) mass is 282 g/mol. The van der Waals surface area contributed by atoms with Crippen LogP contribution >= 0.6 is 22.9 Å². The molecule has 1 heterocycles. The molecule has 0 saturated heterocycles. The molecular weight excluding hydrogens is 268 g/mol. The van der Waals surface area contributed by atoms with Crippen LogP contribution in [0.25, 0.3) is 10.2 Å². The van der Waals surface area contributed by atoms with E-state index in [4.69, 9.17) is 16.3 Å². The van der Waals surface area contributed by atoms with Crippen molar-refractivity contribution >= 4 is 38.8 Å². The molecule has 5 heteroatoms. The van der Waals surface area contributed by atoms with Gasteiger partial charge >= 0.3 is 0 Å². The van der Waals surface area contributed by atoms with Gasteiger partial charge in [-0.1, -0.05) is 11.6 Å². The first-order valence-corrected chi connectivity index (χ1v) is 7.32. The van der Waals surface area contributed by atoms with Crippen LogP contribution in [0.4, 0.5) is 5.69 Å². The van der Waals surface area contributed by atoms with Crippen molar-refractivity contribution in [3.63, 3.8) is 0 Å². The summed E-state index contributed by atoms with van der Waals surface area (Å²) in [5, 5.41) is 4.26. The average molecular weight is 283 g/mol. The Kier molecular flexibility index (Phi) is 3.41. The molecule has 0 radical (unpaired) electrons.